The number of esters is 2. The molecule has 0 aliphatic heterocycles. The van der Waals surface area contributed by atoms with Crippen molar-refractivity contribution in [2.24, 2.45) is 5.41 Å². The minimum atomic E-state index is -0.637. The summed E-state index contributed by atoms with van der Waals surface area (Å²) in [6.45, 7) is 8.61. The van der Waals surface area contributed by atoms with Gasteiger partial charge in [-0.15, -0.1) is 0 Å². The van der Waals surface area contributed by atoms with Crippen LogP contribution in [-0.4, -0.2) is 31.4 Å². The number of ether oxygens (including phenoxy) is 3. The zero-order valence-corrected chi connectivity index (χ0v) is 10.5. The summed E-state index contributed by atoms with van der Waals surface area (Å²) in [6.07, 6.45) is -0.637. The second kappa shape index (κ2) is 6.48. The standard InChI is InChI=1S/C11H20O5/c1-8(12)14-6-7-15-9(2)16-10(13)11(3,4)5/h9H,6-7H2,1-5H3. The van der Waals surface area contributed by atoms with Gasteiger partial charge < -0.3 is 14.2 Å². The Bertz CT molecular complexity index is 241. The van der Waals surface area contributed by atoms with Crippen molar-refractivity contribution in [3.63, 3.8) is 0 Å². The first-order valence-electron chi connectivity index (χ1n) is 5.19. The van der Waals surface area contributed by atoms with E-state index >= 15 is 0 Å². The van der Waals surface area contributed by atoms with Crippen LogP contribution in [0.25, 0.3) is 0 Å². The van der Waals surface area contributed by atoms with Crippen LogP contribution in [0.1, 0.15) is 34.6 Å². The summed E-state index contributed by atoms with van der Waals surface area (Å²) in [6, 6.07) is 0. The summed E-state index contributed by atoms with van der Waals surface area (Å²) in [4.78, 5) is 21.9. The highest BCUT2D eigenvalue weighted by Crippen LogP contribution is 2.16. The smallest absolute Gasteiger partial charge is 0.313 e. The summed E-state index contributed by atoms with van der Waals surface area (Å²) in [5, 5.41) is 0. The third kappa shape index (κ3) is 7.23. The Morgan fingerprint density at radius 3 is 2.19 bits per heavy atom. The van der Waals surface area contributed by atoms with Gasteiger partial charge in [-0.1, -0.05) is 0 Å². The van der Waals surface area contributed by atoms with Crippen LogP contribution in [0, 0.1) is 5.41 Å². The first-order chi connectivity index (χ1) is 7.23. The Morgan fingerprint density at radius 2 is 1.75 bits per heavy atom. The van der Waals surface area contributed by atoms with Gasteiger partial charge in [0.1, 0.15) is 6.61 Å². The molecule has 0 fully saturated rings. The van der Waals surface area contributed by atoms with E-state index in [1.165, 1.54) is 6.92 Å². The van der Waals surface area contributed by atoms with Crippen molar-refractivity contribution in [1.29, 1.82) is 0 Å². The molecule has 0 N–H and O–H groups in total. The average molecular weight is 232 g/mol. The van der Waals surface area contributed by atoms with Gasteiger partial charge in [-0.3, -0.25) is 9.59 Å². The van der Waals surface area contributed by atoms with Crippen molar-refractivity contribution in [2.45, 2.75) is 40.9 Å². The molecule has 5 heteroatoms. The Kier molecular flexibility index (Phi) is 6.03. The number of hydrogen-bond acceptors (Lipinski definition) is 5. The fourth-order valence-electron chi connectivity index (χ4n) is 0.761. The van der Waals surface area contributed by atoms with Crippen LogP contribution >= 0.6 is 0 Å². The van der Waals surface area contributed by atoms with Gasteiger partial charge in [0, 0.05) is 6.92 Å². The molecule has 0 radical (unpaired) electrons. The summed E-state index contributed by atoms with van der Waals surface area (Å²) in [5.41, 5.74) is -0.548. The molecule has 0 aromatic carbocycles. The number of carbonyl (C=O) groups excluding carboxylic acids is 2. The van der Waals surface area contributed by atoms with Gasteiger partial charge in [0.05, 0.1) is 12.0 Å². The van der Waals surface area contributed by atoms with Crippen molar-refractivity contribution in [3.8, 4) is 0 Å². The van der Waals surface area contributed by atoms with Gasteiger partial charge in [0.25, 0.3) is 0 Å². The van der Waals surface area contributed by atoms with E-state index in [-0.39, 0.29) is 25.2 Å². The number of rotatable bonds is 5. The van der Waals surface area contributed by atoms with Gasteiger partial charge in [0.15, 0.2) is 6.29 Å². The molecule has 0 amide bonds. The monoisotopic (exact) mass is 232 g/mol. The molecule has 0 aliphatic rings. The van der Waals surface area contributed by atoms with E-state index < -0.39 is 11.7 Å². The average Bonchev–Trinajstić information content (AvgIpc) is 2.10. The molecule has 1 unspecified atom stereocenters. The summed E-state index contributed by atoms with van der Waals surface area (Å²) in [5.74, 6) is -0.685. The quantitative estimate of drug-likeness (QED) is 0.408. The third-order valence-electron chi connectivity index (χ3n) is 1.63. The molecule has 5 nitrogen and oxygen atoms in total. The number of carbonyl (C=O) groups is 2. The molecule has 0 spiro atoms. The Hall–Kier alpha value is -1.10. The molecule has 1 atom stereocenters. The molecule has 0 heterocycles. The fraction of sp³-hybridized carbons (Fsp3) is 0.818. The fourth-order valence-corrected chi connectivity index (χ4v) is 0.761. The summed E-state index contributed by atoms with van der Waals surface area (Å²) < 4.78 is 14.8. The molecule has 0 aliphatic carbocycles. The number of hydrogen-bond donors (Lipinski definition) is 0. The van der Waals surface area contributed by atoms with Gasteiger partial charge >= 0.3 is 11.9 Å². The van der Waals surface area contributed by atoms with E-state index in [2.05, 4.69) is 4.74 Å². The maximum atomic E-state index is 11.4. The van der Waals surface area contributed by atoms with Crippen molar-refractivity contribution in [1.82, 2.24) is 0 Å². The van der Waals surface area contributed by atoms with Crippen molar-refractivity contribution in [2.75, 3.05) is 13.2 Å². The lowest BCUT2D eigenvalue weighted by Gasteiger charge is -2.20. The van der Waals surface area contributed by atoms with Gasteiger partial charge in [-0.05, 0) is 27.7 Å². The van der Waals surface area contributed by atoms with Gasteiger partial charge in [-0.25, -0.2) is 0 Å². The Balaban J connectivity index is 3.71. The SMILES string of the molecule is CC(=O)OCCOC(C)OC(=O)C(C)(C)C. The lowest BCUT2D eigenvalue weighted by atomic mass is 9.97. The normalized spacial score (nSPS) is 13.1. The maximum absolute atomic E-state index is 11.4. The first-order valence-corrected chi connectivity index (χ1v) is 5.19. The third-order valence-corrected chi connectivity index (χ3v) is 1.63. The predicted octanol–water partition coefficient (Wildman–Crippen LogP) is 1.50. The van der Waals surface area contributed by atoms with E-state index in [0.29, 0.717) is 0 Å². The lowest BCUT2D eigenvalue weighted by molar-refractivity contribution is -0.186. The van der Waals surface area contributed by atoms with E-state index in [9.17, 15) is 9.59 Å². The van der Waals surface area contributed by atoms with E-state index in [1.54, 1.807) is 27.7 Å². The second-order valence-corrected chi connectivity index (χ2v) is 4.43. The van der Waals surface area contributed by atoms with Crippen LogP contribution in [0.15, 0.2) is 0 Å². The van der Waals surface area contributed by atoms with Gasteiger partial charge in [-0.2, -0.15) is 0 Å². The summed E-state index contributed by atoms with van der Waals surface area (Å²) >= 11 is 0. The van der Waals surface area contributed by atoms with Crippen LogP contribution in [0.5, 0.6) is 0 Å². The molecule has 0 rings (SSSR count). The van der Waals surface area contributed by atoms with E-state index in [1.807, 2.05) is 0 Å². The van der Waals surface area contributed by atoms with Crippen molar-refractivity contribution >= 4 is 11.9 Å². The zero-order chi connectivity index (χ0) is 12.8. The van der Waals surface area contributed by atoms with E-state index in [0.717, 1.165) is 0 Å². The summed E-state index contributed by atoms with van der Waals surface area (Å²) in [7, 11) is 0. The van der Waals surface area contributed by atoms with Crippen LogP contribution in [0.4, 0.5) is 0 Å². The second-order valence-electron chi connectivity index (χ2n) is 4.43. The largest absolute Gasteiger partial charge is 0.463 e. The van der Waals surface area contributed by atoms with Crippen LogP contribution < -0.4 is 0 Å². The predicted molar refractivity (Wildman–Crippen MR) is 57.6 cm³/mol. The van der Waals surface area contributed by atoms with Gasteiger partial charge in [0.2, 0.25) is 0 Å². The lowest BCUT2D eigenvalue weighted by Crippen LogP contribution is -2.28. The zero-order valence-electron chi connectivity index (χ0n) is 10.5. The van der Waals surface area contributed by atoms with Crippen molar-refractivity contribution in [3.05, 3.63) is 0 Å². The Labute approximate surface area is 96.1 Å². The molecule has 0 aromatic rings. The highest BCUT2D eigenvalue weighted by molar-refractivity contribution is 5.75. The molecule has 0 aromatic heterocycles. The van der Waals surface area contributed by atoms with Crippen LogP contribution in [-0.2, 0) is 23.8 Å². The molecule has 0 bridgehead atoms. The molecule has 0 saturated heterocycles. The topological polar surface area (TPSA) is 61.8 Å². The highest BCUT2D eigenvalue weighted by Gasteiger charge is 2.24. The minimum absolute atomic E-state index is 0.159. The minimum Gasteiger partial charge on any atom is -0.463 e. The van der Waals surface area contributed by atoms with Crippen LogP contribution in [0.3, 0.4) is 0 Å². The Morgan fingerprint density at radius 1 is 1.19 bits per heavy atom. The highest BCUT2D eigenvalue weighted by atomic mass is 16.7. The van der Waals surface area contributed by atoms with Crippen LogP contribution in [0.2, 0.25) is 0 Å². The molecular weight excluding hydrogens is 212 g/mol. The molecular formula is C11H20O5. The molecule has 94 valence electrons. The first kappa shape index (κ1) is 14.9. The van der Waals surface area contributed by atoms with Crippen molar-refractivity contribution < 1.29 is 23.8 Å². The van der Waals surface area contributed by atoms with E-state index in [4.69, 9.17) is 9.47 Å². The molecule has 0 saturated carbocycles. The molecule has 16 heavy (non-hydrogen) atoms. The maximum Gasteiger partial charge on any atom is 0.313 e.